The van der Waals surface area contributed by atoms with Crippen molar-refractivity contribution >= 4 is 33.3 Å². The summed E-state index contributed by atoms with van der Waals surface area (Å²) in [6, 6.07) is 47.4. The van der Waals surface area contributed by atoms with Crippen LogP contribution in [0.4, 0.5) is 11.4 Å². The van der Waals surface area contributed by atoms with E-state index in [-0.39, 0.29) is 5.41 Å². The van der Waals surface area contributed by atoms with E-state index in [1.807, 2.05) is 18.2 Å². The van der Waals surface area contributed by atoms with Crippen molar-refractivity contribution in [2.75, 3.05) is 4.90 Å². The van der Waals surface area contributed by atoms with Gasteiger partial charge in [0, 0.05) is 38.7 Å². The van der Waals surface area contributed by atoms with Crippen LogP contribution in [0.25, 0.3) is 44.2 Å². The highest BCUT2D eigenvalue weighted by molar-refractivity contribution is 6.09. The second-order valence-corrected chi connectivity index (χ2v) is 14.2. The lowest BCUT2D eigenvalue weighted by Gasteiger charge is -2.30. The molecule has 0 saturated carbocycles. The van der Waals surface area contributed by atoms with E-state index in [4.69, 9.17) is 4.42 Å². The van der Waals surface area contributed by atoms with Gasteiger partial charge in [-0.3, -0.25) is 0 Å². The number of benzene rings is 6. The standard InChI is InChI=1S/C40H35NO.C8H10/c1-6-28(25-26(2)3)41(36-19-12-18-35-38(36)33-14-7-9-17-34(33)40(35,4)5)29-23-21-27(22-24-29)30-15-11-16-32-31-13-8-10-20-37(31)42-39(30)32;1-7-5-3-4-6-8(7)2/h6-26H,1H2,2-5H3;3-6H,1-2H3/b28-25+;. The maximum Gasteiger partial charge on any atom is 0.143 e. The normalized spacial score (nSPS) is 13.1. The quantitative estimate of drug-likeness (QED) is 0.166. The van der Waals surface area contributed by atoms with Crippen LogP contribution < -0.4 is 4.90 Å². The molecule has 1 aromatic heterocycles. The maximum atomic E-state index is 6.35. The van der Waals surface area contributed by atoms with E-state index in [0.717, 1.165) is 44.4 Å². The zero-order valence-electron chi connectivity index (χ0n) is 30.0. The van der Waals surface area contributed by atoms with Crippen LogP contribution in [0.2, 0.25) is 0 Å². The number of anilines is 2. The second kappa shape index (κ2) is 13.4. The molecular formula is C48H45NO. The Balaban J connectivity index is 0.000000433. The maximum absolute atomic E-state index is 6.35. The van der Waals surface area contributed by atoms with Crippen molar-refractivity contribution in [3.8, 4) is 22.3 Å². The third-order valence-corrected chi connectivity index (χ3v) is 10.1. The highest BCUT2D eigenvalue weighted by atomic mass is 16.3. The summed E-state index contributed by atoms with van der Waals surface area (Å²) in [5, 5.41) is 2.29. The Morgan fingerprint density at radius 2 is 1.26 bits per heavy atom. The van der Waals surface area contributed by atoms with Crippen LogP contribution in [-0.4, -0.2) is 0 Å². The molecule has 0 fully saturated rings. The van der Waals surface area contributed by atoms with E-state index >= 15 is 0 Å². The number of fused-ring (bicyclic) bond motifs is 6. The van der Waals surface area contributed by atoms with Gasteiger partial charge in [0.1, 0.15) is 11.2 Å². The van der Waals surface area contributed by atoms with E-state index in [9.17, 15) is 0 Å². The number of rotatable bonds is 6. The summed E-state index contributed by atoms with van der Waals surface area (Å²) in [5.74, 6) is 0.367. The van der Waals surface area contributed by atoms with E-state index in [2.05, 4.69) is 180 Å². The highest BCUT2D eigenvalue weighted by Crippen LogP contribution is 2.53. The van der Waals surface area contributed by atoms with Crippen molar-refractivity contribution < 1.29 is 4.42 Å². The molecule has 1 aliphatic carbocycles. The van der Waals surface area contributed by atoms with Gasteiger partial charge in [-0.15, -0.1) is 0 Å². The number of aryl methyl sites for hydroxylation is 2. The molecule has 50 heavy (non-hydrogen) atoms. The molecule has 0 aliphatic heterocycles. The van der Waals surface area contributed by atoms with E-state index in [1.54, 1.807) is 0 Å². The SMILES string of the molecule is C=C/C(=C\C(C)C)N(c1ccc(-c2cccc3c2oc2ccccc23)cc1)c1cccc2c1-c1ccccc1C2(C)C.Cc1ccccc1C. The van der Waals surface area contributed by atoms with Gasteiger partial charge < -0.3 is 9.32 Å². The number of allylic oxidation sites excluding steroid dienone is 2. The van der Waals surface area contributed by atoms with Crippen molar-refractivity contribution in [3.63, 3.8) is 0 Å². The minimum Gasteiger partial charge on any atom is -0.455 e. The van der Waals surface area contributed by atoms with Crippen LogP contribution >= 0.6 is 0 Å². The number of furan rings is 1. The fourth-order valence-corrected chi connectivity index (χ4v) is 7.35. The summed E-state index contributed by atoms with van der Waals surface area (Å²) >= 11 is 0. The van der Waals surface area contributed by atoms with E-state index in [1.165, 1.54) is 39.1 Å². The topological polar surface area (TPSA) is 16.4 Å². The van der Waals surface area contributed by atoms with Crippen molar-refractivity contribution in [2.24, 2.45) is 5.92 Å². The predicted molar refractivity (Wildman–Crippen MR) is 214 cm³/mol. The zero-order chi connectivity index (χ0) is 35.0. The molecule has 0 N–H and O–H groups in total. The molecule has 0 radical (unpaired) electrons. The Bertz CT molecular complexity index is 2350. The summed E-state index contributed by atoms with van der Waals surface area (Å²) in [5.41, 5.74) is 15.4. The Kier molecular flexibility index (Phi) is 8.80. The molecule has 0 saturated heterocycles. The van der Waals surface area contributed by atoms with Crippen molar-refractivity contribution in [2.45, 2.75) is 47.0 Å². The molecule has 248 valence electrons. The third-order valence-electron chi connectivity index (χ3n) is 10.1. The number of nitrogens with zero attached hydrogens (tertiary/aromatic N) is 1. The number of hydrogen-bond donors (Lipinski definition) is 0. The minimum absolute atomic E-state index is 0.0706. The molecule has 6 aromatic carbocycles. The molecule has 0 spiro atoms. The van der Waals surface area contributed by atoms with Crippen LogP contribution in [-0.2, 0) is 5.41 Å². The molecular weight excluding hydrogens is 607 g/mol. The average molecular weight is 652 g/mol. The molecule has 2 nitrogen and oxygen atoms in total. The van der Waals surface area contributed by atoms with Crippen molar-refractivity contribution in [3.05, 3.63) is 180 Å². The molecule has 1 aliphatic rings. The lowest BCUT2D eigenvalue weighted by Crippen LogP contribution is -2.18. The van der Waals surface area contributed by atoms with Gasteiger partial charge >= 0.3 is 0 Å². The van der Waals surface area contributed by atoms with Gasteiger partial charge in [0.2, 0.25) is 0 Å². The zero-order valence-corrected chi connectivity index (χ0v) is 30.0. The van der Waals surface area contributed by atoms with Crippen LogP contribution in [0, 0.1) is 19.8 Å². The van der Waals surface area contributed by atoms with Crippen LogP contribution in [0.15, 0.2) is 162 Å². The summed E-state index contributed by atoms with van der Waals surface area (Å²) in [7, 11) is 0. The highest BCUT2D eigenvalue weighted by Gasteiger charge is 2.37. The van der Waals surface area contributed by atoms with Gasteiger partial charge in [0.25, 0.3) is 0 Å². The summed E-state index contributed by atoms with van der Waals surface area (Å²) in [4.78, 5) is 2.37. The van der Waals surface area contributed by atoms with Crippen molar-refractivity contribution in [1.82, 2.24) is 0 Å². The first-order chi connectivity index (χ1) is 24.2. The second-order valence-electron chi connectivity index (χ2n) is 14.2. The molecule has 0 unspecified atom stereocenters. The van der Waals surface area contributed by atoms with E-state index in [0.29, 0.717) is 5.92 Å². The lowest BCUT2D eigenvalue weighted by molar-refractivity contribution is 0.660. The van der Waals surface area contributed by atoms with Gasteiger partial charge in [0.05, 0.1) is 5.69 Å². The first-order valence-electron chi connectivity index (χ1n) is 17.6. The molecule has 0 bridgehead atoms. The minimum atomic E-state index is -0.0706. The first-order valence-corrected chi connectivity index (χ1v) is 17.6. The van der Waals surface area contributed by atoms with Gasteiger partial charge in [-0.25, -0.2) is 0 Å². The Labute approximate surface area is 297 Å². The Morgan fingerprint density at radius 1 is 0.660 bits per heavy atom. The average Bonchev–Trinajstić information content (AvgIpc) is 3.62. The fourth-order valence-electron chi connectivity index (χ4n) is 7.35. The molecule has 1 heterocycles. The molecule has 7 aromatic rings. The monoisotopic (exact) mass is 651 g/mol. The van der Waals surface area contributed by atoms with Crippen LogP contribution in [0.1, 0.15) is 49.9 Å². The molecule has 8 rings (SSSR count). The van der Waals surface area contributed by atoms with Gasteiger partial charge in [-0.2, -0.15) is 0 Å². The molecule has 0 amide bonds. The fraction of sp³-hybridized carbons (Fsp3) is 0.167. The van der Waals surface area contributed by atoms with Crippen LogP contribution in [0.3, 0.4) is 0 Å². The third kappa shape index (κ3) is 5.86. The number of hydrogen-bond acceptors (Lipinski definition) is 2. The summed E-state index contributed by atoms with van der Waals surface area (Å²) in [6.07, 6.45) is 4.27. The largest absolute Gasteiger partial charge is 0.455 e. The predicted octanol–water partition coefficient (Wildman–Crippen LogP) is 13.7. The summed E-state index contributed by atoms with van der Waals surface area (Å²) in [6.45, 7) is 17.6. The lowest BCUT2D eigenvalue weighted by atomic mass is 9.82. The van der Waals surface area contributed by atoms with Gasteiger partial charge in [0.15, 0.2) is 0 Å². The van der Waals surface area contributed by atoms with Crippen LogP contribution in [0.5, 0.6) is 0 Å². The molecule has 0 atom stereocenters. The smallest absolute Gasteiger partial charge is 0.143 e. The van der Waals surface area contributed by atoms with E-state index < -0.39 is 0 Å². The first kappa shape index (κ1) is 32.9. The number of para-hydroxylation sites is 2. The Hall–Kier alpha value is -5.60. The molecule has 2 heteroatoms. The summed E-state index contributed by atoms with van der Waals surface area (Å²) < 4.78 is 6.35. The van der Waals surface area contributed by atoms with Gasteiger partial charge in [-0.05, 0) is 83.5 Å². The van der Waals surface area contributed by atoms with Gasteiger partial charge in [-0.1, -0.05) is 150 Å². The van der Waals surface area contributed by atoms with Crippen molar-refractivity contribution in [1.29, 1.82) is 0 Å². The Morgan fingerprint density at radius 3 is 1.96 bits per heavy atom.